The molecule has 0 aliphatic heterocycles. The second kappa shape index (κ2) is 8.39. The molecule has 24 heavy (non-hydrogen) atoms. The fourth-order valence-corrected chi connectivity index (χ4v) is 2.29. The second-order valence-corrected chi connectivity index (χ2v) is 5.95. The van der Waals surface area contributed by atoms with E-state index in [4.69, 9.17) is 9.47 Å². The minimum absolute atomic E-state index is 0.00770. The van der Waals surface area contributed by atoms with Crippen molar-refractivity contribution in [3.63, 3.8) is 0 Å². The van der Waals surface area contributed by atoms with E-state index in [0.717, 1.165) is 33.8 Å². The van der Waals surface area contributed by atoms with Gasteiger partial charge in [0.1, 0.15) is 18.1 Å². The van der Waals surface area contributed by atoms with Gasteiger partial charge in [0.2, 0.25) is 0 Å². The van der Waals surface area contributed by atoms with Crippen molar-refractivity contribution in [1.82, 2.24) is 5.32 Å². The summed E-state index contributed by atoms with van der Waals surface area (Å²) in [5.41, 5.74) is 4.45. The lowest BCUT2D eigenvalue weighted by Crippen LogP contribution is -2.32. The lowest BCUT2D eigenvalue weighted by molar-refractivity contribution is -0.123. The van der Waals surface area contributed by atoms with Crippen molar-refractivity contribution in [3.05, 3.63) is 58.7 Å². The number of rotatable bonds is 7. The van der Waals surface area contributed by atoms with Gasteiger partial charge in [-0.05, 0) is 62.1 Å². The summed E-state index contributed by atoms with van der Waals surface area (Å²) in [4.78, 5) is 11.9. The van der Waals surface area contributed by atoms with E-state index < -0.39 is 0 Å². The van der Waals surface area contributed by atoms with Crippen molar-refractivity contribution in [2.75, 3.05) is 19.8 Å². The molecule has 0 spiro atoms. The summed E-state index contributed by atoms with van der Waals surface area (Å²) >= 11 is 0. The van der Waals surface area contributed by atoms with E-state index in [0.29, 0.717) is 13.2 Å². The van der Waals surface area contributed by atoms with E-state index in [-0.39, 0.29) is 12.5 Å². The summed E-state index contributed by atoms with van der Waals surface area (Å²) in [7, 11) is 0. The zero-order valence-electron chi connectivity index (χ0n) is 14.8. The molecule has 4 nitrogen and oxygen atoms in total. The van der Waals surface area contributed by atoms with Crippen molar-refractivity contribution in [3.8, 4) is 11.5 Å². The molecule has 0 fully saturated rings. The lowest BCUT2D eigenvalue weighted by atomic mass is 10.1. The van der Waals surface area contributed by atoms with Crippen LogP contribution in [0.1, 0.15) is 22.3 Å². The molecule has 128 valence electrons. The summed E-state index contributed by atoms with van der Waals surface area (Å²) in [6.07, 6.45) is 0. The summed E-state index contributed by atoms with van der Waals surface area (Å²) in [5, 5.41) is 2.80. The molecule has 0 unspecified atom stereocenters. The average molecular weight is 327 g/mol. The minimum Gasteiger partial charge on any atom is -0.491 e. The monoisotopic (exact) mass is 327 g/mol. The number of carbonyl (C=O) groups excluding carboxylic acids is 1. The number of benzene rings is 2. The third-order valence-corrected chi connectivity index (χ3v) is 3.94. The minimum atomic E-state index is -0.152. The number of aryl methyl sites for hydroxylation is 3. The van der Waals surface area contributed by atoms with E-state index in [1.807, 2.05) is 58.0 Å². The molecule has 1 amide bonds. The molecular weight excluding hydrogens is 302 g/mol. The molecule has 2 rings (SSSR count). The van der Waals surface area contributed by atoms with Crippen LogP contribution in [0.15, 0.2) is 36.4 Å². The predicted octanol–water partition coefficient (Wildman–Crippen LogP) is 3.49. The lowest BCUT2D eigenvalue weighted by Gasteiger charge is -2.12. The standard InChI is InChI=1S/C20H25NO3/c1-14-8-9-16(3)19(12-14)23-11-10-21-20(22)13-24-18-7-5-6-15(2)17(18)4/h5-9,12H,10-11,13H2,1-4H3,(H,21,22). The van der Waals surface area contributed by atoms with Gasteiger partial charge in [0.15, 0.2) is 6.61 Å². The van der Waals surface area contributed by atoms with Crippen LogP contribution < -0.4 is 14.8 Å². The van der Waals surface area contributed by atoms with Crippen molar-refractivity contribution in [2.45, 2.75) is 27.7 Å². The van der Waals surface area contributed by atoms with E-state index in [1.165, 1.54) is 0 Å². The second-order valence-electron chi connectivity index (χ2n) is 5.95. The van der Waals surface area contributed by atoms with Crippen molar-refractivity contribution < 1.29 is 14.3 Å². The average Bonchev–Trinajstić information content (AvgIpc) is 2.56. The topological polar surface area (TPSA) is 47.6 Å². The molecule has 2 aromatic carbocycles. The van der Waals surface area contributed by atoms with Gasteiger partial charge < -0.3 is 14.8 Å². The number of ether oxygens (including phenoxy) is 2. The Balaban J connectivity index is 1.72. The Bertz CT molecular complexity index is 710. The molecule has 0 bridgehead atoms. The molecule has 0 saturated heterocycles. The highest BCUT2D eigenvalue weighted by molar-refractivity contribution is 5.77. The van der Waals surface area contributed by atoms with E-state index >= 15 is 0 Å². The molecule has 0 atom stereocenters. The molecule has 2 aromatic rings. The summed E-state index contributed by atoms with van der Waals surface area (Å²) < 4.78 is 11.3. The van der Waals surface area contributed by atoms with E-state index in [9.17, 15) is 4.79 Å². The van der Waals surface area contributed by atoms with Gasteiger partial charge in [-0.15, -0.1) is 0 Å². The molecule has 0 saturated carbocycles. The first-order chi connectivity index (χ1) is 11.5. The number of hydrogen-bond donors (Lipinski definition) is 1. The van der Waals surface area contributed by atoms with Gasteiger partial charge in [0.05, 0.1) is 6.54 Å². The summed E-state index contributed by atoms with van der Waals surface area (Å²) in [5.74, 6) is 1.45. The van der Waals surface area contributed by atoms with Crippen LogP contribution in [0.3, 0.4) is 0 Å². The molecule has 0 heterocycles. The van der Waals surface area contributed by atoms with Crippen LogP contribution in [0.4, 0.5) is 0 Å². The van der Waals surface area contributed by atoms with Crippen molar-refractivity contribution in [2.24, 2.45) is 0 Å². The Labute approximate surface area is 143 Å². The van der Waals surface area contributed by atoms with Crippen molar-refractivity contribution >= 4 is 5.91 Å². The molecular formula is C20H25NO3. The van der Waals surface area contributed by atoms with Crippen LogP contribution in [-0.4, -0.2) is 25.7 Å². The van der Waals surface area contributed by atoms with Crippen LogP contribution >= 0.6 is 0 Å². The van der Waals surface area contributed by atoms with Gasteiger partial charge >= 0.3 is 0 Å². The fourth-order valence-electron chi connectivity index (χ4n) is 2.29. The van der Waals surface area contributed by atoms with E-state index in [2.05, 4.69) is 11.4 Å². The van der Waals surface area contributed by atoms with Gasteiger partial charge in [-0.25, -0.2) is 0 Å². The van der Waals surface area contributed by atoms with Crippen LogP contribution in [0.5, 0.6) is 11.5 Å². The van der Waals surface area contributed by atoms with Crippen molar-refractivity contribution in [1.29, 1.82) is 0 Å². The van der Waals surface area contributed by atoms with Crippen LogP contribution in [0.2, 0.25) is 0 Å². The largest absolute Gasteiger partial charge is 0.491 e. The Hall–Kier alpha value is -2.49. The Kier molecular flexibility index (Phi) is 6.24. The quantitative estimate of drug-likeness (QED) is 0.792. The fraction of sp³-hybridized carbons (Fsp3) is 0.350. The summed E-state index contributed by atoms with van der Waals surface area (Å²) in [6.45, 7) is 8.92. The highest BCUT2D eigenvalue weighted by atomic mass is 16.5. The SMILES string of the molecule is Cc1ccc(C)c(OCCNC(=O)COc2cccc(C)c2C)c1. The van der Waals surface area contributed by atoms with Gasteiger partial charge in [-0.3, -0.25) is 4.79 Å². The molecule has 0 aliphatic rings. The Morgan fingerprint density at radius 2 is 1.75 bits per heavy atom. The maximum atomic E-state index is 11.9. The first kappa shape index (κ1) is 17.9. The zero-order chi connectivity index (χ0) is 17.5. The van der Waals surface area contributed by atoms with E-state index in [1.54, 1.807) is 0 Å². The van der Waals surface area contributed by atoms with Crippen LogP contribution in [-0.2, 0) is 4.79 Å². The Morgan fingerprint density at radius 3 is 2.54 bits per heavy atom. The zero-order valence-corrected chi connectivity index (χ0v) is 14.8. The first-order valence-corrected chi connectivity index (χ1v) is 8.13. The number of nitrogens with one attached hydrogen (secondary N) is 1. The smallest absolute Gasteiger partial charge is 0.258 e. The van der Waals surface area contributed by atoms with Gasteiger partial charge in [0.25, 0.3) is 5.91 Å². The molecule has 0 aliphatic carbocycles. The normalized spacial score (nSPS) is 10.3. The summed E-state index contributed by atoms with van der Waals surface area (Å²) in [6, 6.07) is 11.9. The Morgan fingerprint density at radius 1 is 0.958 bits per heavy atom. The number of amides is 1. The maximum Gasteiger partial charge on any atom is 0.258 e. The van der Waals surface area contributed by atoms with Gasteiger partial charge in [-0.2, -0.15) is 0 Å². The third-order valence-electron chi connectivity index (χ3n) is 3.94. The predicted molar refractivity (Wildman–Crippen MR) is 95.8 cm³/mol. The van der Waals surface area contributed by atoms with Gasteiger partial charge in [0, 0.05) is 0 Å². The van der Waals surface area contributed by atoms with Crippen LogP contribution in [0, 0.1) is 27.7 Å². The molecule has 4 heteroatoms. The highest BCUT2D eigenvalue weighted by Crippen LogP contribution is 2.20. The maximum absolute atomic E-state index is 11.9. The molecule has 0 aromatic heterocycles. The molecule has 0 radical (unpaired) electrons. The third kappa shape index (κ3) is 5.01. The first-order valence-electron chi connectivity index (χ1n) is 8.13. The number of hydrogen-bond acceptors (Lipinski definition) is 3. The molecule has 1 N–H and O–H groups in total. The van der Waals surface area contributed by atoms with Crippen LogP contribution in [0.25, 0.3) is 0 Å². The highest BCUT2D eigenvalue weighted by Gasteiger charge is 2.06. The van der Waals surface area contributed by atoms with Gasteiger partial charge in [-0.1, -0.05) is 24.3 Å². The number of carbonyl (C=O) groups is 1.